The number of hydrogen-bond acceptors (Lipinski definition) is 4. The first-order chi connectivity index (χ1) is 13.3. The van der Waals surface area contributed by atoms with Gasteiger partial charge >= 0.3 is 8.38 Å². The molecule has 0 aliphatic carbocycles. The molecule has 142 valence electrons. The van der Waals surface area contributed by atoms with Gasteiger partial charge in [0.2, 0.25) is 0 Å². The number of rotatable bonds is 8. The monoisotopic (exact) mass is 383 g/mol. The van der Waals surface area contributed by atoms with Crippen LogP contribution in [-0.2, 0) is 4.74 Å². The van der Waals surface area contributed by atoms with Crippen molar-refractivity contribution in [2.45, 2.75) is 31.9 Å². The lowest BCUT2D eigenvalue weighted by atomic mass is 10.0. The molecule has 0 aromatic heterocycles. The summed E-state index contributed by atoms with van der Waals surface area (Å²) in [6, 6.07) is 19.8. The lowest BCUT2D eigenvalue weighted by Gasteiger charge is -2.27. The first-order valence-corrected chi connectivity index (χ1v) is 10.6. The van der Waals surface area contributed by atoms with E-state index >= 15 is 0 Å². The first kappa shape index (κ1) is 19.7. The number of piperidine rings is 1. The normalized spacial score (nSPS) is 19.2. The van der Waals surface area contributed by atoms with E-state index in [1.54, 1.807) is 0 Å². The molecular weight excluding hydrogens is 357 g/mol. The van der Waals surface area contributed by atoms with Crippen LogP contribution in [0.15, 0.2) is 78.3 Å². The average molecular weight is 383 g/mol. The van der Waals surface area contributed by atoms with Crippen LogP contribution in [0.5, 0.6) is 11.5 Å². The summed E-state index contributed by atoms with van der Waals surface area (Å²) in [4.78, 5) is 0. The van der Waals surface area contributed by atoms with E-state index in [2.05, 4.69) is 17.1 Å². The summed E-state index contributed by atoms with van der Waals surface area (Å²) in [6.45, 7) is 3.69. The van der Waals surface area contributed by atoms with Crippen molar-refractivity contribution in [1.29, 1.82) is 0 Å². The molecule has 2 aromatic rings. The molecule has 27 heavy (non-hydrogen) atoms. The second kappa shape index (κ2) is 10.9. The molecule has 1 aliphatic heterocycles. The summed E-state index contributed by atoms with van der Waals surface area (Å²) in [5.41, 5.74) is 3.27. The highest BCUT2D eigenvalue weighted by Gasteiger charge is 2.18. The molecule has 0 radical (unpaired) electrons. The maximum atomic E-state index is 6.02. The summed E-state index contributed by atoms with van der Waals surface area (Å²) in [6.07, 6.45) is 4.49. The van der Waals surface area contributed by atoms with Gasteiger partial charge in [0.1, 0.15) is 11.5 Å². The number of nitrogens with one attached hydrogen (secondary N) is 1. The van der Waals surface area contributed by atoms with Gasteiger partial charge in [-0.3, -0.25) is 0 Å². The maximum Gasteiger partial charge on any atom is 0.326 e. The third-order valence-electron chi connectivity index (χ3n) is 4.16. The highest BCUT2D eigenvalue weighted by Crippen LogP contribution is 2.41. The van der Waals surface area contributed by atoms with Gasteiger partial charge in [-0.15, -0.1) is 5.73 Å². The molecule has 1 aliphatic rings. The van der Waals surface area contributed by atoms with E-state index in [9.17, 15) is 0 Å². The Labute approximate surface area is 162 Å². The van der Waals surface area contributed by atoms with Crippen molar-refractivity contribution in [3.8, 4) is 11.5 Å². The standard InChI is InChI=1S/C22H26NO3P/c1-2-24-22-16-15-19(23-18-22)10-9-17-27(25-20-11-5-3-6-12-20)26-21-13-7-4-8-14-21/h3-8,10-14,17,19,22-23H,2,15-16,18H2,1H3. The van der Waals surface area contributed by atoms with Gasteiger partial charge in [0.25, 0.3) is 0 Å². The molecule has 1 N–H and O–H groups in total. The van der Waals surface area contributed by atoms with E-state index in [1.807, 2.05) is 73.4 Å². The van der Waals surface area contributed by atoms with Crippen molar-refractivity contribution in [3.05, 3.63) is 78.3 Å². The Bertz CT molecular complexity index is 682. The number of ether oxygens (including phenoxy) is 1. The van der Waals surface area contributed by atoms with Crippen molar-refractivity contribution in [3.63, 3.8) is 0 Å². The predicted octanol–water partition coefficient (Wildman–Crippen LogP) is 5.28. The van der Waals surface area contributed by atoms with Crippen molar-refractivity contribution >= 4 is 8.38 Å². The highest BCUT2D eigenvalue weighted by molar-refractivity contribution is 7.51. The van der Waals surface area contributed by atoms with Crippen molar-refractivity contribution in [1.82, 2.24) is 5.32 Å². The van der Waals surface area contributed by atoms with Crippen LogP contribution < -0.4 is 14.4 Å². The first-order valence-electron chi connectivity index (χ1n) is 9.36. The van der Waals surface area contributed by atoms with Gasteiger partial charge < -0.3 is 19.1 Å². The molecular formula is C22H26NO3P. The molecule has 1 fully saturated rings. The van der Waals surface area contributed by atoms with E-state index in [1.165, 1.54) is 0 Å². The molecule has 0 bridgehead atoms. The van der Waals surface area contributed by atoms with E-state index in [4.69, 9.17) is 13.8 Å². The van der Waals surface area contributed by atoms with Crippen molar-refractivity contribution < 1.29 is 13.8 Å². The Hall–Kier alpha value is -2.09. The van der Waals surface area contributed by atoms with Crippen LogP contribution in [0.2, 0.25) is 0 Å². The second-order valence-corrected chi connectivity index (χ2v) is 7.42. The van der Waals surface area contributed by atoms with Crippen LogP contribution in [0.1, 0.15) is 19.8 Å². The van der Waals surface area contributed by atoms with E-state index in [0.717, 1.165) is 37.5 Å². The number of benzene rings is 2. The molecule has 0 saturated carbocycles. The molecule has 1 heterocycles. The van der Waals surface area contributed by atoms with Crippen LogP contribution in [0.3, 0.4) is 0 Å². The van der Waals surface area contributed by atoms with E-state index < -0.39 is 8.38 Å². The molecule has 0 amide bonds. The lowest BCUT2D eigenvalue weighted by molar-refractivity contribution is 0.0410. The van der Waals surface area contributed by atoms with Crippen LogP contribution >= 0.6 is 8.38 Å². The van der Waals surface area contributed by atoms with Gasteiger partial charge in [0.15, 0.2) is 0 Å². The zero-order chi connectivity index (χ0) is 18.7. The summed E-state index contributed by atoms with van der Waals surface area (Å²) in [5, 5.41) is 3.49. The Morgan fingerprint density at radius 2 is 1.63 bits per heavy atom. The number of para-hydroxylation sites is 2. The van der Waals surface area contributed by atoms with Gasteiger partial charge in [-0.05, 0) is 50.1 Å². The largest absolute Gasteiger partial charge is 0.435 e. The molecule has 5 heteroatoms. The molecule has 4 nitrogen and oxygen atoms in total. The van der Waals surface area contributed by atoms with Gasteiger partial charge in [-0.2, -0.15) is 0 Å². The Kier molecular flexibility index (Phi) is 7.95. The molecule has 0 spiro atoms. The fourth-order valence-corrected chi connectivity index (χ4v) is 3.84. The second-order valence-electron chi connectivity index (χ2n) is 6.23. The SMILES string of the molecule is CCOC1CCC(C=C=CP(Oc2ccccc2)Oc2ccccc2)NC1. The van der Waals surface area contributed by atoms with Gasteiger partial charge in [0, 0.05) is 19.2 Å². The van der Waals surface area contributed by atoms with Crippen molar-refractivity contribution in [2.75, 3.05) is 13.2 Å². The van der Waals surface area contributed by atoms with Gasteiger partial charge in [0.05, 0.1) is 11.9 Å². The summed E-state index contributed by atoms with van der Waals surface area (Å²) < 4.78 is 17.7. The van der Waals surface area contributed by atoms with E-state index in [-0.39, 0.29) is 0 Å². The Morgan fingerprint density at radius 3 is 2.15 bits per heavy atom. The Morgan fingerprint density at radius 1 is 1.00 bits per heavy atom. The molecule has 2 aromatic carbocycles. The zero-order valence-electron chi connectivity index (χ0n) is 15.6. The quantitative estimate of drug-likeness (QED) is 0.497. The zero-order valence-corrected chi connectivity index (χ0v) is 16.5. The summed E-state index contributed by atoms with van der Waals surface area (Å²) >= 11 is 0. The fraction of sp³-hybridized carbons (Fsp3) is 0.318. The van der Waals surface area contributed by atoms with E-state index in [0.29, 0.717) is 12.1 Å². The van der Waals surface area contributed by atoms with Crippen LogP contribution in [-0.4, -0.2) is 25.3 Å². The predicted molar refractivity (Wildman–Crippen MR) is 110 cm³/mol. The minimum absolute atomic E-state index is 0.309. The minimum Gasteiger partial charge on any atom is -0.435 e. The molecule has 2 unspecified atom stereocenters. The highest BCUT2D eigenvalue weighted by atomic mass is 31.2. The summed E-state index contributed by atoms with van der Waals surface area (Å²) in [5.74, 6) is 3.45. The van der Waals surface area contributed by atoms with Crippen molar-refractivity contribution in [2.24, 2.45) is 0 Å². The molecule has 3 rings (SSSR count). The minimum atomic E-state index is -1.27. The Balaban J connectivity index is 1.62. The van der Waals surface area contributed by atoms with Gasteiger partial charge in [-0.1, -0.05) is 36.4 Å². The smallest absolute Gasteiger partial charge is 0.326 e. The van der Waals surface area contributed by atoms with Gasteiger partial charge in [-0.25, -0.2) is 0 Å². The van der Waals surface area contributed by atoms with Crippen LogP contribution in [0.4, 0.5) is 0 Å². The topological polar surface area (TPSA) is 39.7 Å². The molecule has 1 saturated heterocycles. The third-order valence-corrected chi connectivity index (χ3v) is 5.31. The van der Waals surface area contributed by atoms with Crippen LogP contribution in [0.25, 0.3) is 0 Å². The average Bonchev–Trinajstić information content (AvgIpc) is 2.71. The lowest BCUT2D eigenvalue weighted by Crippen LogP contribution is -2.41. The maximum absolute atomic E-state index is 6.02. The third kappa shape index (κ3) is 6.86. The fourth-order valence-electron chi connectivity index (χ4n) is 2.83. The molecule has 2 atom stereocenters. The number of hydrogen-bond donors (Lipinski definition) is 1. The van der Waals surface area contributed by atoms with Crippen LogP contribution in [0, 0.1) is 0 Å². The summed E-state index contributed by atoms with van der Waals surface area (Å²) in [7, 11) is -1.27.